The van der Waals surface area contributed by atoms with Gasteiger partial charge in [0.25, 0.3) is 0 Å². The Morgan fingerprint density at radius 1 is 1.32 bits per heavy atom. The molecule has 0 spiro atoms. The van der Waals surface area contributed by atoms with Gasteiger partial charge in [-0.25, -0.2) is 9.18 Å². The molecule has 0 aliphatic carbocycles. The second-order valence-corrected chi connectivity index (χ2v) is 9.29. The summed E-state index contributed by atoms with van der Waals surface area (Å²) in [6.45, 7) is 6.92. The van der Waals surface area contributed by atoms with Gasteiger partial charge in [-0.3, -0.25) is 4.68 Å². The second-order valence-electron chi connectivity index (χ2n) is 7.86. The Bertz CT molecular complexity index is 829. The summed E-state index contributed by atoms with van der Waals surface area (Å²) in [6.07, 6.45) is 3.36. The predicted octanol–water partition coefficient (Wildman–Crippen LogP) is 5.54. The highest BCUT2D eigenvalue weighted by Gasteiger charge is 2.27. The van der Waals surface area contributed by atoms with E-state index >= 15 is 0 Å². The highest BCUT2D eigenvalue weighted by Crippen LogP contribution is 2.27. The highest BCUT2D eigenvalue weighted by molar-refractivity contribution is 7.98. The molecule has 2 aromatic rings. The molecule has 2 heterocycles. The fourth-order valence-corrected chi connectivity index (χ4v) is 4.04. The van der Waals surface area contributed by atoms with Gasteiger partial charge >= 0.3 is 6.09 Å². The number of ether oxygens (including phenoxy) is 1. The zero-order valence-electron chi connectivity index (χ0n) is 16.3. The molecule has 0 atom stereocenters. The zero-order chi connectivity index (χ0) is 20.3. The monoisotopic (exact) mass is 425 g/mol. The molecule has 28 heavy (non-hydrogen) atoms. The third kappa shape index (κ3) is 5.64. The first kappa shape index (κ1) is 21.0. The van der Waals surface area contributed by atoms with Crippen molar-refractivity contribution >= 4 is 29.5 Å². The number of piperidine rings is 1. The fourth-order valence-electron chi connectivity index (χ4n) is 3.03. The molecule has 1 aromatic carbocycles. The van der Waals surface area contributed by atoms with Gasteiger partial charge in [0.2, 0.25) is 0 Å². The lowest BCUT2D eigenvalue weighted by molar-refractivity contribution is 0.0184. The van der Waals surface area contributed by atoms with E-state index in [2.05, 4.69) is 5.10 Å². The number of halogens is 2. The number of carbonyl (C=O) groups is 1. The van der Waals surface area contributed by atoms with Crippen LogP contribution in [0.3, 0.4) is 0 Å². The van der Waals surface area contributed by atoms with Gasteiger partial charge in [-0.15, -0.1) is 0 Å². The van der Waals surface area contributed by atoms with Crippen molar-refractivity contribution < 1.29 is 13.9 Å². The number of likely N-dealkylation sites (tertiary alicyclic amines) is 1. The van der Waals surface area contributed by atoms with Gasteiger partial charge in [-0.1, -0.05) is 29.4 Å². The van der Waals surface area contributed by atoms with E-state index < -0.39 is 5.60 Å². The molecule has 3 rings (SSSR count). The normalized spacial score (nSPS) is 15.7. The average Bonchev–Trinajstić information content (AvgIpc) is 3.09. The second kappa shape index (κ2) is 8.74. The van der Waals surface area contributed by atoms with Gasteiger partial charge in [-0.2, -0.15) is 5.10 Å². The van der Waals surface area contributed by atoms with E-state index in [1.165, 1.54) is 17.8 Å². The van der Waals surface area contributed by atoms with E-state index in [-0.39, 0.29) is 18.0 Å². The molecule has 0 unspecified atom stereocenters. The maximum absolute atomic E-state index is 13.9. The Hall–Kier alpha value is -1.73. The van der Waals surface area contributed by atoms with Crippen LogP contribution in [0.5, 0.6) is 0 Å². The first-order chi connectivity index (χ1) is 13.2. The molecular formula is C20H25ClFN3O2S. The van der Waals surface area contributed by atoms with Crippen LogP contribution < -0.4 is 0 Å². The number of amides is 1. The van der Waals surface area contributed by atoms with E-state index in [4.69, 9.17) is 16.3 Å². The van der Waals surface area contributed by atoms with E-state index in [0.717, 1.165) is 17.9 Å². The zero-order valence-corrected chi connectivity index (χ0v) is 17.9. The predicted molar refractivity (Wildman–Crippen MR) is 109 cm³/mol. The van der Waals surface area contributed by atoms with Crippen molar-refractivity contribution in [1.82, 2.24) is 14.7 Å². The van der Waals surface area contributed by atoms with Gasteiger partial charge in [0.15, 0.2) is 0 Å². The Morgan fingerprint density at radius 2 is 2.04 bits per heavy atom. The van der Waals surface area contributed by atoms with Crippen LogP contribution in [0.1, 0.15) is 45.2 Å². The summed E-state index contributed by atoms with van der Waals surface area (Å²) in [7, 11) is 0. The molecule has 8 heteroatoms. The summed E-state index contributed by atoms with van der Waals surface area (Å²) in [6, 6.07) is 6.92. The van der Waals surface area contributed by atoms with E-state index in [1.54, 1.807) is 17.0 Å². The molecule has 1 aliphatic rings. The van der Waals surface area contributed by atoms with Crippen LogP contribution in [0, 0.1) is 5.82 Å². The molecule has 5 nitrogen and oxygen atoms in total. The van der Waals surface area contributed by atoms with Crippen molar-refractivity contribution in [2.45, 2.75) is 56.0 Å². The number of thioether (sulfide) groups is 1. The SMILES string of the molecule is CC(C)(C)OC(=O)N1CCC(n2ccc(SCc3ccc(Cl)cc3F)n2)CC1. The number of rotatable bonds is 4. The van der Waals surface area contributed by atoms with Crippen molar-refractivity contribution in [2.75, 3.05) is 13.1 Å². The van der Waals surface area contributed by atoms with E-state index in [0.29, 0.717) is 29.4 Å². The molecular weight excluding hydrogens is 401 g/mol. The van der Waals surface area contributed by atoms with Crippen LogP contribution in [0.15, 0.2) is 35.5 Å². The van der Waals surface area contributed by atoms with Crippen molar-refractivity contribution in [3.63, 3.8) is 0 Å². The average molecular weight is 426 g/mol. The number of hydrogen-bond donors (Lipinski definition) is 0. The number of benzene rings is 1. The molecule has 1 fully saturated rings. The minimum absolute atomic E-state index is 0.250. The van der Waals surface area contributed by atoms with E-state index in [1.807, 2.05) is 37.7 Å². The first-order valence-corrected chi connectivity index (χ1v) is 10.7. The third-order valence-corrected chi connectivity index (χ3v) is 5.67. The van der Waals surface area contributed by atoms with Gasteiger partial charge in [0, 0.05) is 30.1 Å². The molecule has 0 bridgehead atoms. The van der Waals surface area contributed by atoms with Crippen molar-refractivity contribution in [3.8, 4) is 0 Å². The Labute approximate surface area is 174 Å². The highest BCUT2D eigenvalue weighted by atomic mass is 35.5. The minimum atomic E-state index is -0.481. The molecule has 0 N–H and O–H groups in total. The van der Waals surface area contributed by atoms with Crippen molar-refractivity contribution in [1.29, 1.82) is 0 Å². The Morgan fingerprint density at radius 3 is 2.68 bits per heavy atom. The lowest BCUT2D eigenvalue weighted by Crippen LogP contribution is -2.42. The minimum Gasteiger partial charge on any atom is -0.444 e. The molecule has 1 saturated heterocycles. The molecule has 152 valence electrons. The summed E-state index contributed by atoms with van der Waals surface area (Å²) in [4.78, 5) is 13.9. The van der Waals surface area contributed by atoms with Crippen LogP contribution in [0.25, 0.3) is 0 Å². The van der Waals surface area contributed by atoms with Gasteiger partial charge in [0.05, 0.1) is 6.04 Å². The van der Waals surface area contributed by atoms with Crippen LogP contribution in [-0.2, 0) is 10.5 Å². The number of nitrogens with zero attached hydrogens (tertiary/aromatic N) is 3. The van der Waals surface area contributed by atoms with Crippen LogP contribution in [0.2, 0.25) is 5.02 Å². The van der Waals surface area contributed by atoms with Gasteiger partial charge in [-0.05, 0) is 57.4 Å². The largest absolute Gasteiger partial charge is 0.444 e. The molecule has 0 saturated carbocycles. The van der Waals surface area contributed by atoms with Crippen LogP contribution >= 0.6 is 23.4 Å². The number of carbonyl (C=O) groups excluding carboxylic acids is 1. The Kier molecular flexibility index (Phi) is 6.55. The molecule has 1 amide bonds. The fraction of sp³-hybridized carbons (Fsp3) is 0.500. The molecule has 1 aromatic heterocycles. The molecule has 0 radical (unpaired) electrons. The maximum atomic E-state index is 13.9. The van der Waals surface area contributed by atoms with Crippen molar-refractivity contribution in [2.24, 2.45) is 0 Å². The summed E-state index contributed by atoms with van der Waals surface area (Å²) in [5.41, 5.74) is 0.126. The third-order valence-electron chi connectivity index (χ3n) is 4.46. The number of hydrogen-bond acceptors (Lipinski definition) is 4. The van der Waals surface area contributed by atoms with Gasteiger partial charge in [0.1, 0.15) is 16.4 Å². The van der Waals surface area contributed by atoms with Crippen molar-refractivity contribution in [3.05, 3.63) is 46.9 Å². The summed E-state index contributed by atoms with van der Waals surface area (Å²) in [5.74, 6) is 0.200. The lowest BCUT2D eigenvalue weighted by atomic mass is 10.1. The summed E-state index contributed by atoms with van der Waals surface area (Å²) >= 11 is 7.28. The van der Waals surface area contributed by atoms with Gasteiger partial charge < -0.3 is 9.64 Å². The quantitative estimate of drug-likeness (QED) is 0.603. The lowest BCUT2D eigenvalue weighted by Gasteiger charge is -2.33. The smallest absolute Gasteiger partial charge is 0.410 e. The molecule has 1 aliphatic heterocycles. The first-order valence-electron chi connectivity index (χ1n) is 9.31. The Balaban J connectivity index is 1.51. The van der Waals surface area contributed by atoms with E-state index in [9.17, 15) is 9.18 Å². The van der Waals surface area contributed by atoms with Crippen LogP contribution in [0.4, 0.5) is 9.18 Å². The summed E-state index contributed by atoms with van der Waals surface area (Å²) in [5, 5.41) is 5.87. The maximum Gasteiger partial charge on any atom is 0.410 e. The standard InChI is InChI=1S/C20H25ClFN3O2S/c1-20(2,3)27-19(26)24-9-6-16(7-10-24)25-11-8-18(23-25)28-13-14-4-5-15(21)12-17(14)22/h4-5,8,11-12,16H,6-7,9-10,13H2,1-3H3. The summed E-state index contributed by atoms with van der Waals surface area (Å²) < 4.78 is 21.3. The topological polar surface area (TPSA) is 47.4 Å². The van der Waals surface area contributed by atoms with Crippen LogP contribution in [-0.4, -0.2) is 39.5 Å². The number of aromatic nitrogens is 2.